The van der Waals surface area contributed by atoms with Crippen LogP contribution in [-0.4, -0.2) is 25.3 Å². The van der Waals surface area contributed by atoms with Crippen molar-refractivity contribution in [3.63, 3.8) is 0 Å². The van der Waals surface area contributed by atoms with Gasteiger partial charge in [0.1, 0.15) is 0 Å². The quantitative estimate of drug-likeness (QED) is 0.488. The fourth-order valence-electron chi connectivity index (χ4n) is 0.924. The third-order valence-corrected chi connectivity index (χ3v) is 1.48. The topological polar surface area (TPSA) is 15.6 Å². The van der Waals surface area contributed by atoms with Gasteiger partial charge in [-0.25, -0.2) is 0 Å². The van der Waals surface area contributed by atoms with Crippen LogP contribution in [0.25, 0.3) is 0 Å². The zero-order valence-corrected chi connectivity index (χ0v) is 7.57. The van der Waals surface area contributed by atoms with E-state index in [2.05, 4.69) is 17.2 Å². The van der Waals surface area contributed by atoms with E-state index in [9.17, 15) is 0 Å². The van der Waals surface area contributed by atoms with Crippen molar-refractivity contribution in [2.45, 2.75) is 6.42 Å². The van der Waals surface area contributed by atoms with Crippen molar-refractivity contribution in [2.24, 2.45) is 5.10 Å². The highest BCUT2D eigenvalue weighted by atomic mass is 15.4. The van der Waals surface area contributed by atoms with Crippen molar-refractivity contribution in [2.75, 3.05) is 14.1 Å². The molecule has 64 valence electrons. The van der Waals surface area contributed by atoms with Gasteiger partial charge in [0.2, 0.25) is 0 Å². The molecule has 0 saturated carbocycles. The zero-order chi connectivity index (χ0) is 8.81. The molecule has 1 rings (SSSR count). The standard InChI is InChI=1S/C10H14N2/c1-12(2)11-9-8-10-6-4-3-5-7-10/h3-7,9H,8H2,1-2H3/b11-9+. The van der Waals surface area contributed by atoms with Crippen LogP contribution < -0.4 is 0 Å². The van der Waals surface area contributed by atoms with Gasteiger partial charge in [-0.05, 0) is 5.56 Å². The van der Waals surface area contributed by atoms with Gasteiger partial charge in [0.25, 0.3) is 0 Å². The van der Waals surface area contributed by atoms with Crippen LogP contribution in [0.1, 0.15) is 5.56 Å². The molecule has 0 atom stereocenters. The van der Waals surface area contributed by atoms with Crippen molar-refractivity contribution in [1.82, 2.24) is 5.01 Å². The van der Waals surface area contributed by atoms with Crippen LogP contribution >= 0.6 is 0 Å². The maximum atomic E-state index is 4.13. The molecule has 2 nitrogen and oxygen atoms in total. The van der Waals surface area contributed by atoms with Crippen LogP contribution in [0.5, 0.6) is 0 Å². The number of nitrogens with zero attached hydrogens (tertiary/aromatic N) is 2. The van der Waals surface area contributed by atoms with E-state index in [1.54, 1.807) is 5.01 Å². The van der Waals surface area contributed by atoms with E-state index in [4.69, 9.17) is 0 Å². The van der Waals surface area contributed by atoms with Crippen LogP contribution in [-0.2, 0) is 6.42 Å². The van der Waals surface area contributed by atoms with E-state index in [0.29, 0.717) is 0 Å². The average Bonchev–Trinajstić information content (AvgIpc) is 2.05. The van der Waals surface area contributed by atoms with Crippen LogP contribution in [0.4, 0.5) is 0 Å². The van der Waals surface area contributed by atoms with E-state index in [-0.39, 0.29) is 0 Å². The smallest absolute Gasteiger partial charge is 0.0288 e. The summed E-state index contributed by atoms with van der Waals surface area (Å²) in [4.78, 5) is 0. The van der Waals surface area contributed by atoms with E-state index in [0.717, 1.165) is 6.42 Å². The maximum Gasteiger partial charge on any atom is 0.0288 e. The molecular formula is C10H14N2. The van der Waals surface area contributed by atoms with E-state index in [1.807, 2.05) is 38.5 Å². The Morgan fingerprint density at radius 2 is 1.92 bits per heavy atom. The molecule has 0 aliphatic carbocycles. The molecular weight excluding hydrogens is 148 g/mol. The molecule has 0 fully saturated rings. The summed E-state index contributed by atoms with van der Waals surface area (Å²) < 4.78 is 0. The molecule has 0 N–H and O–H groups in total. The Kier molecular flexibility index (Phi) is 3.33. The number of hydrazone groups is 1. The van der Waals surface area contributed by atoms with Gasteiger partial charge < -0.3 is 5.01 Å². The van der Waals surface area contributed by atoms with Crippen LogP contribution in [0, 0.1) is 0 Å². The van der Waals surface area contributed by atoms with Gasteiger partial charge >= 0.3 is 0 Å². The molecule has 1 aromatic carbocycles. The Bertz CT molecular complexity index is 239. The third-order valence-electron chi connectivity index (χ3n) is 1.48. The van der Waals surface area contributed by atoms with Crippen molar-refractivity contribution in [3.8, 4) is 0 Å². The van der Waals surface area contributed by atoms with Gasteiger partial charge in [-0.3, -0.25) is 0 Å². The molecule has 0 unspecified atom stereocenters. The van der Waals surface area contributed by atoms with Crippen LogP contribution in [0.3, 0.4) is 0 Å². The lowest BCUT2D eigenvalue weighted by Gasteiger charge is -2.01. The normalized spacial score (nSPS) is 10.5. The summed E-state index contributed by atoms with van der Waals surface area (Å²) in [5.74, 6) is 0. The van der Waals surface area contributed by atoms with E-state index in [1.165, 1.54) is 5.56 Å². The van der Waals surface area contributed by atoms with Crippen LogP contribution in [0.15, 0.2) is 35.4 Å². The lowest BCUT2D eigenvalue weighted by Crippen LogP contribution is -2.02. The minimum absolute atomic E-state index is 0.902. The maximum absolute atomic E-state index is 4.13. The van der Waals surface area contributed by atoms with Crippen molar-refractivity contribution >= 4 is 6.21 Å². The molecule has 1 aromatic rings. The minimum atomic E-state index is 0.902. The summed E-state index contributed by atoms with van der Waals surface area (Å²) in [6.45, 7) is 0. The molecule has 0 aromatic heterocycles. The highest BCUT2D eigenvalue weighted by Gasteiger charge is 1.85. The summed E-state index contributed by atoms with van der Waals surface area (Å²) >= 11 is 0. The first kappa shape index (κ1) is 8.78. The molecule has 2 heteroatoms. The first-order valence-corrected chi connectivity index (χ1v) is 4.03. The number of hydrogen-bond donors (Lipinski definition) is 0. The second-order valence-corrected chi connectivity index (χ2v) is 2.83. The Balaban J connectivity index is 2.43. The van der Waals surface area contributed by atoms with E-state index < -0.39 is 0 Å². The fourth-order valence-corrected chi connectivity index (χ4v) is 0.924. The summed E-state index contributed by atoms with van der Waals surface area (Å²) in [5.41, 5.74) is 1.29. The molecule has 0 bridgehead atoms. The molecule has 0 aliphatic rings. The highest BCUT2D eigenvalue weighted by molar-refractivity contribution is 5.60. The van der Waals surface area contributed by atoms with Crippen LogP contribution in [0.2, 0.25) is 0 Å². The second-order valence-electron chi connectivity index (χ2n) is 2.83. The summed E-state index contributed by atoms with van der Waals surface area (Å²) in [6.07, 6.45) is 2.81. The molecule has 0 amide bonds. The first-order chi connectivity index (χ1) is 5.79. The number of hydrogen-bond acceptors (Lipinski definition) is 2. The molecule has 0 saturated heterocycles. The molecule has 12 heavy (non-hydrogen) atoms. The zero-order valence-electron chi connectivity index (χ0n) is 7.57. The first-order valence-electron chi connectivity index (χ1n) is 4.03. The summed E-state index contributed by atoms with van der Waals surface area (Å²) in [7, 11) is 3.84. The summed E-state index contributed by atoms with van der Waals surface area (Å²) in [5, 5.41) is 5.92. The van der Waals surface area contributed by atoms with E-state index >= 15 is 0 Å². The molecule has 0 aliphatic heterocycles. The van der Waals surface area contributed by atoms with Gasteiger partial charge in [0.15, 0.2) is 0 Å². The van der Waals surface area contributed by atoms with Gasteiger partial charge in [0.05, 0.1) is 0 Å². The predicted molar refractivity (Wildman–Crippen MR) is 52.3 cm³/mol. The lowest BCUT2D eigenvalue weighted by atomic mass is 10.2. The molecule has 0 spiro atoms. The lowest BCUT2D eigenvalue weighted by molar-refractivity contribution is 0.439. The largest absolute Gasteiger partial charge is 0.303 e. The Morgan fingerprint density at radius 1 is 1.25 bits per heavy atom. The second kappa shape index (κ2) is 4.54. The fraction of sp³-hybridized carbons (Fsp3) is 0.300. The Morgan fingerprint density at radius 3 is 2.50 bits per heavy atom. The highest BCUT2D eigenvalue weighted by Crippen LogP contribution is 1.97. The predicted octanol–water partition coefficient (Wildman–Crippen LogP) is 1.78. The van der Waals surface area contributed by atoms with Crippen molar-refractivity contribution < 1.29 is 0 Å². The third kappa shape index (κ3) is 3.19. The molecule has 0 heterocycles. The number of benzene rings is 1. The number of rotatable bonds is 3. The van der Waals surface area contributed by atoms with Gasteiger partial charge in [0, 0.05) is 26.7 Å². The monoisotopic (exact) mass is 162 g/mol. The van der Waals surface area contributed by atoms with Gasteiger partial charge in [-0.1, -0.05) is 30.3 Å². The molecule has 0 radical (unpaired) electrons. The van der Waals surface area contributed by atoms with Gasteiger partial charge in [-0.15, -0.1) is 0 Å². The van der Waals surface area contributed by atoms with Crippen molar-refractivity contribution in [1.29, 1.82) is 0 Å². The summed E-state index contributed by atoms with van der Waals surface area (Å²) in [6, 6.07) is 10.3. The van der Waals surface area contributed by atoms with Gasteiger partial charge in [-0.2, -0.15) is 5.10 Å². The Labute approximate surface area is 73.5 Å². The van der Waals surface area contributed by atoms with Crippen molar-refractivity contribution in [3.05, 3.63) is 35.9 Å². The Hall–Kier alpha value is -1.31. The minimum Gasteiger partial charge on any atom is -0.303 e. The SMILES string of the molecule is CN(C)/N=C/Cc1ccccc1. The average molecular weight is 162 g/mol.